The molecule has 98 valence electrons. The summed E-state index contributed by atoms with van der Waals surface area (Å²) in [6, 6.07) is 7.81. The Morgan fingerprint density at radius 3 is 2.67 bits per heavy atom. The molecule has 0 aromatic heterocycles. The minimum absolute atomic E-state index is 0.0844. The van der Waals surface area contributed by atoms with Gasteiger partial charge in [-0.15, -0.1) is 0 Å². The van der Waals surface area contributed by atoms with Gasteiger partial charge in [-0.25, -0.2) is 0 Å². The van der Waals surface area contributed by atoms with Crippen molar-refractivity contribution in [3.63, 3.8) is 0 Å². The van der Waals surface area contributed by atoms with Crippen molar-refractivity contribution < 1.29 is 14.6 Å². The second kappa shape index (κ2) is 5.89. The van der Waals surface area contributed by atoms with Crippen molar-refractivity contribution in [2.24, 2.45) is 5.92 Å². The molecule has 0 bridgehead atoms. The molecule has 1 aliphatic rings. The maximum atomic E-state index is 11.4. The molecular formula is C15H20O3. The molecule has 0 amide bonds. The molecule has 1 saturated carbocycles. The van der Waals surface area contributed by atoms with Crippen molar-refractivity contribution in [3.05, 3.63) is 29.8 Å². The van der Waals surface area contributed by atoms with Crippen molar-refractivity contribution in [3.8, 4) is 5.75 Å². The Labute approximate surface area is 108 Å². The van der Waals surface area contributed by atoms with E-state index in [1.807, 2.05) is 24.3 Å². The van der Waals surface area contributed by atoms with Crippen molar-refractivity contribution >= 4 is 5.97 Å². The highest BCUT2D eigenvalue weighted by Gasteiger charge is 2.32. The van der Waals surface area contributed by atoms with E-state index < -0.39 is 5.97 Å². The van der Waals surface area contributed by atoms with Crippen molar-refractivity contribution in [1.29, 1.82) is 0 Å². The van der Waals surface area contributed by atoms with Crippen molar-refractivity contribution in [1.82, 2.24) is 0 Å². The fraction of sp³-hybridized carbons (Fsp3) is 0.533. The number of ether oxygens (including phenoxy) is 1. The van der Waals surface area contributed by atoms with Crippen molar-refractivity contribution in [2.75, 3.05) is 7.11 Å². The maximum Gasteiger partial charge on any atom is 0.307 e. The summed E-state index contributed by atoms with van der Waals surface area (Å²) >= 11 is 0. The van der Waals surface area contributed by atoms with Crippen molar-refractivity contribution in [2.45, 2.75) is 38.0 Å². The Morgan fingerprint density at radius 2 is 1.94 bits per heavy atom. The summed E-state index contributed by atoms with van der Waals surface area (Å²) in [6.45, 7) is 0. The molecule has 2 unspecified atom stereocenters. The summed E-state index contributed by atoms with van der Waals surface area (Å²) in [5.41, 5.74) is 1.05. The smallest absolute Gasteiger partial charge is 0.307 e. The fourth-order valence-electron chi connectivity index (χ4n) is 2.95. The molecule has 2 atom stereocenters. The van der Waals surface area contributed by atoms with E-state index in [1.54, 1.807) is 7.11 Å². The van der Waals surface area contributed by atoms with Gasteiger partial charge in [0.25, 0.3) is 0 Å². The number of carbonyl (C=O) groups is 1. The number of hydrogen-bond donors (Lipinski definition) is 1. The number of carboxylic acids is 1. The Morgan fingerprint density at radius 1 is 1.22 bits per heavy atom. The van der Waals surface area contributed by atoms with Gasteiger partial charge in [0.2, 0.25) is 0 Å². The normalized spacial score (nSPS) is 24.3. The third-order valence-corrected chi connectivity index (χ3v) is 3.87. The van der Waals surface area contributed by atoms with Gasteiger partial charge in [0.05, 0.1) is 13.0 Å². The Hall–Kier alpha value is -1.51. The second-order valence-corrected chi connectivity index (χ2v) is 4.93. The molecule has 1 fully saturated rings. The lowest BCUT2D eigenvalue weighted by Crippen LogP contribution is -2.21. The van der Waals surface area contributed by atoms with Crippen LogP contribution in [0.15, 0.2) is 24.3 Å². The maximum absolute atomic E-state index is 11.4. The average Bonchev–Trinajstić information content (AvgIpc) is 2.64. The van der Waals surface area contributed by atoms with E-state index in [-0.39, 0.29) is 11.8 Å². The zero-order valence-corrected chi connectivity index (χ0v) is 10.8. The number of methoxy groups -OCH3 is 1. The minimum atomic E-state index is -0.673. The van der Waals surface area contributed by atoms with E-state index in [2.05, 4.69) is 0 Å². The molecular weight excluding hydrogens is 228 g/mol. The summed E-state index contributed by atoms with van der Waals surface area (Å²) in [5, 5.41) is 9.42. The third kappa shape index (κ3) is 2.66. The molecule has 3 nitrogen and oxygen atoms in total. The highest BCUT2D eigenvalue weighted by Crippen LogP contribution is 2.40. The van der Waals surface area contributed by atoms with E-state index >= 15 is 0 Å². The third-order valence-electron chi connectivity index (χ3n) is 3.87. The lowest BCUT2D eigenvalue weighted by Gasteiger charge is -2.23. The fourth-order valence-corrected chi connectivity index (χ4v) is 2.95. The highest BCUT2D eigenvalue weighted by molar-refractivity contribution is 5.71. The van der Waals surface area contributed by atoms with E-state index in [1.165, 1.54) is 0 Å². The number of carboxylic acid groups (broad SMARTS) is 1. The topological polar surface area (TPSA) is 46.5 Å². The summed E-state index contributed by atoms with van der Waals surface area (Å²) in [5.74, 6) is -0.0478. The predicted octanol–water partition coefficient (Wildman–Crippen LogP) is 3.44. The van der Waals surface area contributed by atoms with E-state index in [9.17, 15) is 9.90 Å². The monoisotopic (exact) mass is 248 g/mol. The Kier molecular flexibility index (Phi) is 4.24. The molecule has 0 aliphatic heterocycles. The quantitative estimate of drug-likeness (QED) is 0.833. The van der Waals surface area contributed by atoms with E-state index in [0.717, 1.165) is 43.4 Å². The van der Waals surface area contributed by atoms with Gasteiger partial charge in [-0.1, -0.05) is 37.5 Å². The molecule has 1 aromatic rings. The van der Waals surface area contributed by atoms with Crippen LogP contribution in [0.5, 0.6) is 5.75 Å². The van der Waals surface area contributed by atoms with Gasteiger partial charge < -0.3 is 9.84 Å². The van der Waals surface area contributed by atoms with Gasteiger partial charge in [0, 0.05) is 5.92 Å². The predicted molar refractivity (Wildman–Crippen MR) is 69.9 cm³/mol. The van der Waals surface area contributed by atoms with E-state index in [4.69, 9.17) is 4.74 Å². The lowest BCUT2D eigenvalue weighted by atomic mass is 9.82. The zero-order valence-electron chi connectivity index (χ0n) is 10.8. The van der Waals surface area contributed by atoms with Crippen LogP contribution in [0.3, 0.4) is 0 Å². The molecule has 3 heteroatoms. The molecule has 0 radical (unpaired) electrons. The van der Waals surface area contributed by atoms with Crippen LogP contribution in [0.2, 0.25) is 0 Å². The van der Waals surface area contributed by atoms with Crippen LogP contribution in [0, 0.1) is 5.92 Å². The minimum Gasteiger partial charge on any atom is -0.496 e. The summed E-state index contributed by atoms with van der Waals surface area (Å²) in [6.07, 6.45) is 4.97. The second-order valence-electron chi connectivity index (χ2n) is 4.93. The van der Waals surface area contributed by atoms with Crippen LogP contribution < -0.4 is 4.74 Å². The Bertz CT molecular complexity index is 414. The molecule has 1 aromatic carbocycles. The molecule has 1 aliphatic carbocycles. The Balaban J connectivity index is 2.34. The average molecular weight is 248 g/mol. The summed E-state index contributed by atoms with van der Waals surface area (Å²) in [4.78, 5) is 11.4. The van der Waals surface area contributed by atoms with Crippen LogP contribution in [0.1, 0.15) is 43.6 Å². The first kappa shape index (κ1) is 12.9. The number of aliphatic carboxylic acids is 1. The number of rotatable bonds is 3. The van der Waals surface area contributed by atoms with E-state index in [0.29, 0.717) is 0 Å². The highest BCUT2D eigenvalue weighted by atomic mass is 16.5. The molecule has 1 N–H and O–H groups in total. The van der Waals surface area contributed by atoms with Crippen LogP contribution in [0.25, 0.3) is 0 Å². The molecule has 0 heterocycles. The van der Waals surface area contributed by atoms with Gasteiger partial charge in [0.15, 0.2) is 0 Å². The SMILES string of the molecule is COc1ccccc1C1CCCCCC1C(=O)O. The van der Waals surface area contributed by atoms with Crippen LogP contribution in [0.4, 0.5) is 0 Å². The standard InChI is InChI=1S/C15H20O3/c1-18-14-10-6-5-8-12(14)11-7-3-2-4-9-13(11)15(16)17/h5-6,8,10-11,13H,2-4,7,9H2,1H3,(H,16,17). The first-order valence-electron chi connectivity index (χ1n) is 6.59. The number of benzene rings is 1. The number of para-hydroxylation sites is 1. The van der Waals surface area contributed by atoms with Gasteiger partial charge in [-0.05, 0) is 24.5 Å². The van der Waals surface area contributed by atoms with Gasteiger partial charge >= 0.3 is 5.97 Å². The largest absolute Gasteiger partial charge is 0.496 e. The molecule has 18 heavy (non-hydrogen) atoms. The first-order valence-corrected chi connectivity index (χ1v) is 6.59. The van der Waals surface area contributed by atoms with Crippen LogP contribution in [-0.4, -0.2) is 18.2 Å². The number of hydrogen-bond acceptors (Lipinski definition) is 2. The first-order chi connectivity index (χ1) is 8.74. The molecule has 2 rings (SSSR count). The van der Waals surface area contributed by atoms with Gasteiger partial charge in [-0.3, -0.25) is 4.79 Å². The van der Waals surface area contributed by atoms with Crippen LogP contribution >= 0.6 is 0 Å². The zero-order chi connectivity index (χ0) is 13.0. The lowest BCUT2D eigenvalue weighted by molar-refractivity contribution is -0.142. The summed E-state index contributed by atoms with van der Waals surface area (Å²) in [7, 11) is 1.64. The summed E-state index contributed by atoms with van der Waals surface area (Å²) < 4.78 is 5.37. The van der Waals surface area contributed by atoms with Gasteiger partial charge in [0.1, 0.15) is 5.75 Å². The molecule has 0 spiro atoms. The van der Waals surface area contributed by atoms with Crippen LogP contribution in [-0.2, 0) is 4.79 Å². The van der Waals surface area contributed by atoms with Gasteiger partial charge in [-0.2, -0.15) is 0 Å². The molecule has 0 saturated heterocycles.